The Morgan fingerprint density at radius 2 is 2.07 bits per heavy atom. The van der Waals surface area contributed by atoms with Crippen LogP contribution in [0.2, 0.25) is 5.02 Å². The van der Waals surface area contributed by atoms with E-state index in [1.165, 1.54) is 0 Å². The van der Waals surface area contributed by atoms with Gasteiger partial charge in [-0.2, -0.15) is 8.78 Å². The van der Waals surface area contributed by atoms with Crippen molar-refractivity contribution in [1.29, 1.82) is 0 Å². The SMILES string of the molecule is CC(=O)c1c(F)ccc(Cl)c1OC(F)F. The van der Waals surface area contributed by atoms with Crippen LogP contribution in [0.3, 0.4) is 0 Å². The zero-order valence-corrected chi connectivity index (χ0v) is 8.32. The Bertz CT molecular complexity index is 393. The highest BCUT2D eigenvalue weighted by atomic mass is 35.5. The zero-order valence-electron chi connectivity index (χ0n) is 7.56. The Balaban J connectivity index is 3.31. The maximum atomic E-state index is 13.1. The number of Topliss-reactive ketones (excluding diaryl/α,β-unsaturated/α-hetero) is 1. The number of ether oxygens (including phenoxy) is 1. The van der Waals surface area contributed by atoms with E-state index in [1.54, 1.807) is 0 Å². The summed E-state index contributed by atoms with van der Waals surface area (Å²) < 4.78 is 41.0. The van der Waals surface area contributed by atoms with E-state index in [2.05, 4.69) is 4.74 Å². The molecule has 0 saturated carbocycles. The molecule has 0 aliphatic carbocycles. The molecule has 0 unspecified atom stereocenters. The van der Waals surface area contributed by atoms with Crippen molar-refractivity contribution in [1.82, 2.24) is 0 Å². The number of carbonyl (C=O) groups is 1. The minimum atomic E-state index is -3.16. The van der Waals surface area contributed by atoms with Gasteiger partial charge in [-0.3, -0.25) is 4.79 Å². The molecule has 6 heteroatoms. The van der Waals surface area contributed by atoms with Gasteiger partial charge in [0, 0.05) is 0 Å². The highest BCUT2D eigenvalue weighted by Gasteiger charge is 2.20. The minimum absolute atomic E-state index is 0.234. The molecule has 0 bridgehead atoms. The van der Waals surface area contributed by atoms with Gasteiger partial charge in [-0.05, 0) is 19.1 Å². The second kappa shape index (κ2) is 4.53. The Labute approximate surface area is 88.6 Å². The van der Waals surface area contributed by atoms with Crippen molar-refractivity contribution in [2.75, 3.05) is 0 Å². The molecule has 1 rings (SSSR count). The largest absolute Gasteiger partial charge is 0.432 e. The first-order valence-electron chi connectivity index (χ1n) is 3.87. The lowest BCUT2D eigenvalue weighted by atomic mass is 10.1. The molecule has 0 aromatic heterocycles. The van der Waals surface area contributed by atoms with Gasteiger partial charge in [0.05, 0.1) is 10.6 Å². The summed E-state index contributed by atoms with van der Waals surface area (Å²) in [5.74, 6) is -2.30. The lowest BCUT2D eigenvalue weighted by molar-refractivity contribution is -0.0502. The number of alkyl halides is 2. The van der Waals surface area contributed by atoms with E-state index in [4.69, 9.17) is 11.6 Å². The molecule has 15 heavy (non-hydrogen) atoms. The fraction of sp³-hybridized carbons (Fsp3) is 0.222. The third-order valence-electron chi connectivity index (χ3n) is 1.62. The highest BCUT2D eigenvalue weighted by Crippen LogP contribution is 2.32. The lowest BCUT2D eigenvalue weighted by Crippen LogP contribution is -2.08. The van der Waals surface area contributed by atoms with Gasteiger partial charge in [-0.1, -0.05) is 11.6 Å². The van der Waals surface area contributed by atoms with Gasteiger partial charge in [0.25, 0.3) is 0 Å². The predicted octanol–water partition coefficient (Wildman–Crippen LogP) is 3.28. The van der Waals surface area contributed by atoms with Crippen LogP contribution in [0.5, 0.6) is 5.75 Å². The summed E-state index contributed by atoms with van der Waals surface area (Å²) in [6.45, 7) is -2.13. The standard InChI is InChI=1S/C9H6ClF3O2/c1-4(14)7-6(11)3-2-5(10)8(7)15-9(12)13/h2-3,9H,1H3. The molecule has 0 saturated heterocycles. The number of hydrogen-bond donors (Lipinski definition) is 0. The Kier molecular flexibility index (Phi) is 3.57. The summed E-state index contributed by atoms with van der Waals surface area (Å²) in [6, 6.07) is 1.96. The van der Waals surface area contributed by atoms with Gasteiger partial charge in [-0.15, -0.1) is 0 Å². The first kappa shape index (κ1) is 11.8. The molecule has 82 valence electrons. The van der Waals surface area contributed by atoms with Crippen LogP contribution in [0, 0.1) is 5.82 Å². The zero-order chi connectivity index (χ0) is 11.6. The van der Waals surface area contributed by atoms with Crippen LogP contribution >= 0.6 is 11.6 Å². The third kappa shape index (κ3) is 2.62. The summed E-state index contributed by atoms with van der Waals surface area (Å²) in [5, 5.41) is -0.234. The topological polar surface area (TPSA) is 26.3 Å². The number of carbonyl (C=O) groups excluding carboxylic acids is 1. The van der Waals surface area contributed by atoms with E-state index < -0.39 is 29.5 Å². The van der Waals surface area contributed by atoms with Gasteiger partial charge in [0.2, 0.25) is 0 Å². The normalized spacial score (nSPS) is 10.5. The van der Waals surface area contributed by atoms with Gasteiger partial charge >= 0.3 is 6.61 Å². The van der Waals surface area contributed by atoms with E-state index in [0.717, 1.165) is 19.1 Å². The molecule has 0 radical (unpaired) electrons. The van der Waals surface area contributed by atoms with E-state index >= 15 is 0 Å². The molecule has 0 spiro atoms. The number of rotatable bonds is 3. The molecule has 0 fully saturated rings. The van der Waals surface area contributed by atoms with Crippen LogP contribution < -0.4 is 4.74 Å². The smallest absolute Gasteiger partial charge is 0.387 e. The average molecular weight is 239 g/mol. The Morgan fingerprint density at radius 1 is 1.47 bits per heavy atom. The summed E-state index contributed by atoms with van der Waals surface area (Å²) in [4.78, 5) is 11.0. The van der Waals surface area contributed by atoms with Crippen LogP contribution in [0.25, 0.3) is 0 Å². The van der Waals surface area contributed by atoms with Gasteiger partial charge < -0.3 is 4.74 Å². The van der Waals surface area contributed by atoms with Crippen molar-refractivity contribution in [3.63, 3.8) is 0 Å². The molecule has 0 heterocycles. The van der Waals surface area contributed by atoms with Crippen molar-refractivity contribution in [3.8, 4) is 5.75 Å². The predicted molar refractivity (Wildman–Crippen MR) is 48.0 cm³/mol. The van der Waals surface area contributed by atoms with Crippen LogP contribution in [0.4, 0.5) is 13.2 Å². The van der Waals surface area contributed by atoms with E-state index in [9.17, 15) is 18.0 Å². The van der Waals surface area contributed by atoms with Gasteiger partial charge in [0.15, 0.2) is 11.5 Å². The first-order chi connectivity index (χ1) is 6.93. The summed E-state index contributed by atoms with van der Waals surface area (Å²) >= 11 is 5.51. The van der Waals surface area contributed by atoms with Crippen molar-refractivity contribution in [2.24, 2.45) is 0 Å². The van der Waals surface area contributed by atoms with Crippen molar-refractivity contribution >= 4 is 17.4 Å². The molecule has 2 nitrogen and oxygen atoms in total. The summed E-state index contributed by atoms with van der Waals surface area (Å²) in [5.41, 5.74) is -0.567. The fourth-order valence-corrected chi connectivity index (χ4v) is 1.27. The van der Waals surface area contributed by atoms with Gasteiger partial charge in [0.1, 0.15) is 5.82 Å². The van der Waals surface area contributed by atoms with Crippen LogP contribution in [0.1, 0.15) is 17.3 Å². The summed E-state index contributed by atoms with van der Waals surface area (Å²) in [6.07, 6.45) is 0. The van der Waals surface area contributed by atoms with Gasteiger partial charge in [-0.25, -0.2) is 4.39 Å². The monoisotopic (exact) mass is 238 g/mol. The Morgan fingerprint density at radius 3 is 2.53 bits per heavy atom. The maximum absolute atomic E-state index is 13.1. The highest BCUT2D eigenvalue weighted by molar-refractivity contribution is 6.32. The number of hydrogen-bond acceptors (Lipinski definition) is 2. The quantitative estimate of drug-likeness (QED) is 0.756. The Hall–Kier alpha value is -1.23. The lowest BCUT2D eigenvalue weighted by Gasteiger charge is -2.10. The fourth-order valence-electron chi connectivity index (χ4n) is 1.07. The van der Waals surface area contributed by atoms with E-state index in [-0.39, 0.29) is 5.02 Å². The average Bonchev–Trinajstić information content (AvgIpc) is 2.10. The molecule has 0 aliphatic heterocycles. The molecule has 1 aromatic rings. The van der Waals surface area contributed by atoms with Crippen molar-refractivity contribution in [2.45, 2.75) is 13.5 Å². The molecule has 0 N–H and O–H groups in total. The molecular weight excluding hydrogens is 233 g/mol. The summed E-state index contributed by atoms with van der Waals surface area (Å²) in [7, 11) is 0. The number of halogens is 4. The van der Waals surface area contributed by atoms with E-state index in [1.807, 2.05) is 0 Å². The second-order valence-corrected chi connectivity index (χ2v) is 3.08. The molecule has 0 aliphatic rings. The van der Waals surface area contributed by atoms with Crippen LogP contribution in [-0.2, 0) is 0 Å². The third-order valence-corrected chi connectivity index (χ3v) is 1.92. The number of ketones is 1. The molecular formula is C9H6ClF3O2. The number of benzene rings is 1. The molecule has 0 atom stereocenters. The molecule has 0 amide bonds. The minimum Gasteiger partial charge on any atom is -0.432 e. The van der Waals surface area contributed by atoms with E-state index in [0.29, 0.717) is 0 Å². The van der Waals surface area contributed by atoms with Crippen molar-refractivity contribution < 1.29 is 22.7 Å². The van der Waals surface area contributed by atoms with Crippen LogP contribution in [-0.4, -0.2) is 12.4 Å². The van der Waals surface area contributed by atoms with Crippen LogP contribution in [0.15, 0.2) is 12.1 Å². The molecule has 1 aromatic carbocycles. The second-order valence-electron chi connectivity index (χ2n) is 2.67. The first-order valence-corrected chi connectivity index (χ1v) is 4.25. The van der Waals surface area contributed by atoms with Crippen molar-refractivity contribution in [3.05, 3.63) is 28.5 Å². The maximum Gasteiger partial charge on any atom is 0.387 e.